The second kappa shape index (κ2) is 6.19. The van der Waals surface area contributed by atoms with Gasteiger partial charge in [0.05, 0.1) is 0 Å². The third-order valence-corrected chi connectivity index (χ3v) is 3.75. The maximum atomic E-state index is 12.0. The fourth-order valence-corrected chi connectivity index (χ4v) is 2.59. The molecule has 0 bridgehead atoms. The van der Waals surface area contributed by atoms with Gasteiger partial charge in [-0.15, -0.1) is 0 Å². The summed E-state index contributed by atoms with van der Waals surface area (Å²) in [4.78, 5) is 16.1. The highest BCUT2D eigenvalue weighted by molar-refractivity contribution is 6.29. The molecule has 1 aliphatic rings. The Hall–Kier alpha value is -1.09. The van der Waals surface area contributed by atoms with Gasteiger partial charge in [0.2, 0.25) is 0 Å². The number of hydrogen-bond donors (Lipinski definition) is 1. The summed E-state index contributed by atoms with van der Waals surface area (Å²) >= 11 is 5.79. The fourth-order valence-electron chi connectivity index (χ4n) is 2.43. The SMILES string of the molecule is CC1CCCC(NC(=O)c2cccc(Cl)n2)CC1. The molecule has 98 valence electrons. The van der Waals surface area contributed by atoms with Crippen LogP contribution in [0.3, 0.4) is 0 Å². The number of halogens is 1. The molecule has 3 nitrogen and oxygen atoms in total. The number of rotatable bonds is 2. The highest BCUT2D eigenvalue weighted by atomic mass is 35.5. The van der Waals surface area contributed by atoms with Gasteiger partial charge in [-0.1, -0.05) is 37.4 Å². The van der Waals surface area contributed by atoms with E-state index in [2.05, 4.69) is 17.2 Å². The van der Waals surface area contributed by atoms with Crippen LogP contribution in [0, 0.1) is 5.92 Å². The summed E-state index contributed by atoms with van der Waals surface area (Å²) in [6, 6.07) is 5.40. The first-order chi connectivity index (χ1) is 8.65. The van der Waals surface area contributed by atoms with E-state index in [1.165, 1.54) is 19.3 Å². The number of carbonyl (C=O) groups is 1. The van der Waals surface area contributed by atoms with E-state index in [0.29, 0.717) is 10.8 Å². The lowest BCUT2D eigenvalue weighted by atomic mass is 10.0. The van der Waals surface area contributed by atoms with Crippen LogP contribution in [0.1, 0.15) is 49.5 Å². The second-order valence-electron chi connectivity index (χ2n) is 5.13. The maximum Gasteiger partial charge on any atom is 0.270 e. The minimum absolute atomic E-state index is 0.114. The van der Waals surface area contributed by atoms with Gasteiger partial charge in [-0.2, -0.15) is 0 Å². The monoisotopic (exact) mass is 266 g/mol. The number of nitrogens with zero attached hydrogens (tertiary/aromatic N) is 1. The molecule has 1 fully saturated rings. The van der Waals surface area contributed by atoms with Gasteiger partial charge in [-0.25, -0.2) is 4.98 Å². The first-order valence-corrected chi connectivity index (χ1v) is 6.96. The van der Waals surface area contributed by atoms with E-state index in [4.69, 9.17) is 11.6 Å². The zero-order valence-corrected chi connectivity index (χ0v) is 11.4. The topological polar surface area (TPSA) is 42.0 Å². The summed E-state index contributed by atoms with van der Waals surface area (Å²) in [6.45, 7) is 2.28. The van der Waals surface area contributed by atoms with E-state index in [9.17, 15) is 4.79 Å². The van der Waals surface area contributed by atoms with Crippen LogP contribution in [0.15, 0.2) is 18.2 Å². The van der Waals surface area contributed by atoms with Crippen LogP contribution in [-0.2, 0) is 0 Å². The van der Waals surface area contributed by atoms with Gasteiger partial charge in [0.15, 0.2) is 0 Å². The molecule has 0 aliphatic heterocycles. The van der Waals surface area contributed by atoms with Crippen molar-refractivity contribution in [3.05, 3.63) is 29.0 Å². The minimum atomic E-state index is -0.114. The van der Waals surface area contributed by atoms with E-state index in [0.717, 1.165) is 18.8 Å². The lowest BCUT2D eigenvalue weighted by Crippen LogP contribution is -2.34. The third-order valence-electron chi connectivity index (χ3n) is 3.54. The highest BCUT2D eigenvalue weighted by Gasteiger charge is 2.19. The number of aromatic nitrogens is 1. The molecule has 1 aromatic heterocycles. The third kappa shape index (κ3) is 3.70. The molecule has 1 aromatic rings. The molecule has 0 radical (unpaired) electrons. The molecular formula is C14H19ClN2O. The Morgan fingerprint density at radius 2 is 2.17 bits per heavy atom. The average molecular weight is 267 g/mol. The Kier molecular flexibility index (Phi) is 4.59. The van der Waals surface area contributed by atoms with Gasteiger partial charge in [0.25, 0.3) is 5.91 Å². The molecule has 1 saturated carbocycles. The maximum absolute atomic E-state index is 12.0. The molecule has 0 spiro atoms. The summed E-state index contributed by atoms with van der Waals surface area (Å²) in [5.74, 6) is 0.660. The summed E-state index contributed by atoms with van der Waals surface area (Å²) < 4.78 is 0. The Morgan fingerprint density at radius 1 is 1.33 bits per heavy atom. The molecule has 1 heterocycles. The Labute approximate surface area is 113 Å². The molecule has 0 saturated heterocycles. The molecule has 1 amide bonds. The van der Waals surface area contributed by atoms with Crippen molar-refractivity contribution in [2.45, 2.75) is 45.1 Å². The Morgan fingerprint density at radius 3 is 2.94 bits per heavy atom. The number of hydrogen-bond acceptors (Lipinski definition) is 2. The van der Waals surface area contributed by atoms with Gasteiger partial charge >= 0.3 is 0 Å². The first-order valence-electron chi connectivity index (χ1n) is 6.58. The first kappa shape index (κ1) is 13.3. The van der Waals surface area contributed by atoms with E-state index in [1.807, 2.05) is 0 Å². The van der Waals surface area contributed by atoms with Crippen molar-refractivity contribution < 1.29 is 4.79 Å². The van der Waals surface area contributed by atoms with Gasteiger partial charge in [0, 0.05) is 6.04 Å². The zero-order valence-electron chi connectivity index (χ0n) is 10.7. The van der Waals surface area contributed by atoms with Gasteiger partial charge in [-0.05, 0) is 37.3 Å². The van der Waals surface area contributed by atoms with Crippen molar-refractivity contribution >= 4 is 17.5 Å². The number of pyridine rings is 1. The number of carbonyl (C=O) groups excluding carboxylic acids is 1. The predicted octanol–water partition coefficient (Wildman–Crippen LogP) is 3.43. The Balaban J connectivity index is 1.94. The molecule has 4 heteroatoms. The second-order valence-corrected chi connectivity index (χ2v) is 5.52. The molecule has 2 unspecified atom stereocenters. The van der Waals surface area contributed by atoms with Crippen molar-refractivity contribution in [1.82, 2.24) is 10.3 Å². The molecule has 18 heavy (non-hydrogen) atoms. The van der Waals surface area contributed by atoms with E-state index < -0.39 is 0 Å². The summed E-state index contributed by atoms with van der Waals surface area (Å²) in [5.41, 5.74) is 0.403. The van der Waals surface area contributed by atoms with Crippen molar-refractivity contribution in [1.29, 1.82) is 0 Å². The summed E-state index contributed by atoms with van der Waals surface area (Å²) in [7, 11) is 0. The molecule has 1 N–H and O–H groups in total. The largest absolute Gasteiger partial charge is 0.348 e. The van der Waals surface area contributed by atoms with Crippen molar-refractivity contribution in [2.75, 3.05) is 0 Å². The van der Waals surface area contributed by atoms with Crippen LogP contribution in [0.2, 0.25) is 5.15 Å². The smallest absolute Gasteiger partial charge is 0.270 e. The fraction of sp³-hybridized carbons (Fsp3) is 0.571. The predicted molar refractivity (Wildman–Crippen MR) is 72.8 cm³/mol. The van der Waals surface area contributed by atoms with E-state index in [-0.39, 0.29) is 11.9 Å². The normalized spacial score (nSPS) is 24.3. The minimum Gasteiger partial charge on any atom is -0.348 e. The standard InChI is InChI=1S/C14H19ClN2O/c1-10-4-2-5-11(9-8-10)16-14(18)12-6-3-7-13(15)17-12/h3,6-7,10-11H,2,4-5,8-9H2,1H3,(H,16,18). The van der Waals surface area contributed by atoms with E-state index >= 15 is 0 Å². The van der Waals surface area contributed by atoms with Crippen LogP contribution < -0.4 is 5.32 Å². The van der Waals surface area contributed by atoms with Crippen LogP contribution in [-0.4, -0.2) is 16.9 Å². The lowest BCUT2D eigenvalue weighted by Gasteiger charge is -2.16. The van der Waals surface area contributed by atoms with Crippen LogP contribution in [0.4, 0.5) is 0 Å². The number of nitrogens with one attached hydrogen (secondary N) is 1. The molecule has 0 aromatic carbocycles. The number of amides is 1. The lowest BCUT2D eigenvalue weighted by molar-refractivity contribution is 0.0928. The van der Waals surface area contributed by atoms with Crippen LogP contribution >= 0.6 is 11.6 Å². The van der Waals surface area contributed by atoms with Gasteiger partial charge in [-0.3, -0.25) is 4.79 Å². The van der Waals surface area contributed by atoms with Crippen LogP contribution in [0.5, 0.6) is 0 Å². The van der Waals surface area contributed by atoms with E-state index in [1.54, 1.807) is 18.2 Å². The quantitative estimate of drug-likeness (QED) is 0.658. The van der Waals surface area contributed by atoms with Crippen molar-refractivity contribution in [3.8, 4) is 0 Å². The van der Waals surface area contributed by atoms with Crippen LogP contribution in [0.25, 0.3) is 0 Å². The van der Waals surface area contributed by atoms with Crippen molar-refractivity contribution in [3.63, 3.8) is 0 Å². The molecular weight excluding hydrogens is 248 g/mol. The average Bonchev–Trinajstić information content (AvgIpc) is 2.54. The highest BCUT2D eigenvalue weighted by Crippen LogP contribution is 2.22. The van der Waals surface area contributed by atoms with Gasteiger partial charge in [0.1, 0.15) is 10.8 Å². The Bertz CT molecular complexity index is 422. The molecule has 2 rings (SSSR count). The summed E-state index contributed by atoms with van der Waals surface area (Å²) in [5, 5.41) is 3.42. The molecule has 2 atom stereocenters. The van der Waals surface area contributed by atoms with Gasteiger partial charge < -0.3 is 5.32 Å². The molecule has 1 aliphatic carbocycles. The summed E-state index contributed by atoms with van der Waals surface area (Å²) in [6.07, 6.45) is 5.77. The zero-order chi connectivity index (χ0) is 13.0. The van der Waals surface area contributed by atoms with Crippen molar-refractivity contribution in [2.24, 2.45) is 5.92 Å².